The Morgan fingerprint density at radius 3 is 3.07 bits per heavy atom. The second-order valence-electron chi connectivity index (χ2n) is 6.38. The number of fused-ring (bicyclic) bond motifs is 1. The quantitative estimate of drug-likeness (QED) is 0.472. The van der Waals surface area contributed by atoms with E-state index >= 15 is 0 Å². The zero-order valence-corrected chi connectivity index (χ0v) is 15.2. The predicted molar refractivity (Wildman–Crippen MR) is 104 cm³/mol. The predicted octanol–water partition coefficient (Wildman–Crippen LogP) is 2.20. The summed E-state index contributed by atoms with van der Waals surface area (Å²) in [5.74, 6) is 0.414. The largest absolute Gasteiger partial charge is 0.392 e. The van der Waals surface area contributed by atoms with E-state index in [9.17, 15) is 5.11 Å². The lowest BCUT2D eigenvalue weighted by atomic mass is 10.1. The summed E-state index contributed by atoms with van der Waals surface area (Å²) in [6.45, 7) is 2.16. The molecule has 0 aromatic carbocycles. The second kappa shape index (κ2) is 7.46. The highest BCUT2D eigenvalue weighted by Gasteiger charge is 2.16. The minimum Gasteiger partial charge on any atom is -0.392 e. The van der Waals surface area contributed by atoms with Gasteiger partial charge in [0, 0.05) is 47.8 Å². The van der Waals surface area contributed by atoms with Crippen LogP contribution in [0, 0.1) is 11.3 Å². The first-order valence-electron chi connectivity index (χ1n) is 8.77. The molecule has 4 aromatic heterocycles. The molecular weight excluding hydrogens is 356 g/mol. The van der Waals surface area contributed by atoms with E-state index in [1.54, 1.807) is 36.3 Å². The van der Waals surface area contributed by atoms with E-state index in [2.05, 4.69) is 36.4 Å². The standard InChI is InChI=1S/C19H18N8O/c1-12(28)9-24-19-22-6-3-16(25-19)15-11-27(7-4-20)26-17(15)14-8-13-2-5-21-18(13)23-10-14/h2-3,5-6,8,10-12,28H,7,9H2,1H3,(H,21,23)(H,22,24,25)/t12-/m0/s1. The van der Waals surface area contributed by atoms with Crippen LogP contribution in [0.4, 0.5) is 5.95 Å². The minimum absolute atomic E-state index is 0.130. The lowest BCUT2D eigenvalue weighted by Gasteiger charge is -2.08. The van der Waals surface area contributed by atoms with Gasteiger partial charge in [-0.25, -0.2) is 15.0 Å². The molecule has 0 fully saturated rings. The number of nitrogens with one attached hydrogen (secondary N) is 2. The summed E-state index contributed by atoms with van der Waals surface area (Å²) in [7, 11) is 0. The molecule has 0 aliphatic carbocycles. The number of rotatable bonds is 6. The third-order valence-electron chi connectivity index (χ3n) is 4.16. The van der Waals surface area contributed by atoms with Crippen LogP contribution < -0.4 is 5.32 Å². The highest BCUT2D eigenvalue weighted by molar-refractivity contribution is 5.85. The number of H-pyrrole nitrogens is 1. The van der Waals surface area contributed by atoms with Gasteiger partial charge in [-0.05, 0) is 25.1 Å². The summed E-state index contributed by atoms with van der Waals surface area (Å²) >= 11 is 0. The molecule has 4 heterocycles. The van der Waals surface area contributed by atoms with Gasteiger partial charge in [-0.1, -0.05) is 0 Å². The monoisotopic (exact) mass is 374 g/mol. The van der Waals surface area contributed by atoms with Crippen molar-refractivity contribution in [3.8, 4) is 28.6 Å². The number of aromatic amines is 1. The molecular formula is C19H18N8O. The van der Waals surface area contributed by atoms with Gasteiger partial charge in [0.25, 0.3) is 0 Å². The molecule has 1 atom stereocenters. The molecule has 140 valence electrons. The van der Waals surface area contributed by atoms with E-state index in [0.29, 0.717) is 23.9 Å². The number of nitrogens with zero attached hydrogens (tertiary/aromatic N) is 6. The first kappa shape index (κ1) is 17.6. The Balaban J connectivity index is 1.78. The minimum atomic E-state index is -0.514. The molecule has 9 heteroatoms. The van der Waals surface area contributed by atoms with Gasteiger partial charge < -0.3 is 15.4 Å². The molecule has 28 heavy (non-hydrogen) atoms. The number of pyridine rings is 1. The van der Waals surface area contributed by atoms with Crippen molar-refractivity contribution in [3.63, 3.8) is 0 Å². The van der Waals surface area contributed by atoms with E-state index in [0.717, 1.165) is 22.2 Å². The Morgan fingerprint density at radius 1 is 1.36 bits per heavy atom. The highest BCUT2D eigenvalue weighted by atomic mass is 16.3. The summed E-state index contributed by atoms with van der Waals surface area (Å²) in [6, 6.07) is 7.83. The van der Waals surface area contributed by atoms with Crippen LogP contribution in [0.15, 0.2) is 43.0 Å². The molecule has 4 aromatic rings. The van der Waals surface area contributed by atoms with Crippen LogP contribution in [0.2, 0.25) is 0 Å². The van der Waals surface area contributed by atoms with Crippen LogP contribution in [0.5, 0.6) is 0 Å². The summed E-state index contributed by atoms with van der Waals surface area (Å²) in [4.78, 5) is 16.2. The number of anilines is 1. The van der Waals surface area contributed by atoms with Gasteiger partial charge in [0.15, 0.2) is 0 Å². The van der Waals surface area contributed by atoms with E-state index in [1.165, 1.54) is 0 Å². The Hall–Kier alpha value is -3.77. The lowest BCUT2D eigenvalue weighted by molar-refractivity contribution is 0.208. The van der Waals surface area contributed by atoms with Crippen LogP contribution in [0.3, 0.4) is 0 Å². The van der Waals surface area contributed by atoms with E-state index in [1.807, 2.05) is 18.3 Å². The fourth-order valence-electron chi connectivity index (χ4n) is 2.88. The highest BCUT2D eigenvalue weighted by Crippen LogP contribution is 2.31. The van der Waals surface area contributed by atoms with Crippen LogP contribution in [0.25, 0.3) is 33.5 Å². The first-order chi connectivity index (χ1) is 13.6. The maximum absolute atomic E-state index is 9.45. The molecule has 0 saturated heterocycles. The first-order valence-corrected chi connectivity index (χ1v) is 8.77. The zero-order chi connectivity index (χ0) is 19.5. The fourth-order valence-corrected chi connectivity index (χ4v) is 2.88. The van der Waals surface area contributed by atoms with Crippen molar-refractivity contribution in [1.82, 2.24) is 29.7 Å². The van der Waals surface area contributed by atoms with Crippen LogP contribution >= 0.6 is 0 Å². The van der Waals surface area contributed by atoms with Crippen molar-refractivity contribution in [1.29, 1.82) is 5.26 Å². The summed E-state index contributed by atoms with van der Waals surface area (Å²) in [5, 5.41) is 27.0. The molecule has 0 unspecified atom stereocenters. The SMILES string of the molecule is C[C@H](O)CNc1nccc(-c2cn(CC#N)nc2-c2cnc3[nH]ccc3c2)n1. The zero-order valence-electron chi connectivity index (χ0n) is 15.2. The van der Waals surface area contributed by atoms with Gasteiger partial charge in [-0.15, -0.1) is 0 Å². The number of hydrogen-bond donors (Lipinski definition) is 3. The molecule has 0 amide bonds. The average Bonchev–Trinajstić information content (AvgIpc) is 3.33. The van der Waals surface area contributed by atoms with Gasteiger partial charge >= 0.3 is 0 Å². The molecule has 0 aliphatic rings. The number of hydrogen-bond acceptors (Lipinski definition) is 7. The fraction of sp³-hybridized carbons (Fsp3) is 0.211. The van der Waals surface area contributed by atoms with Crippen LogP contribution in [-0.4, -0.2) is 47.5 Å². The molecule has 0 saturated carbocycles. The molecule has 0 bridgehead atoms. The van der Waals surface area contributed by atoms with Crippen LogP contribution in [0.1, 0.15) is 6.92 Å². The van der Waals surface area contributed by atoms with Crippen molar-refractivity contribution in [2.75, 3.05) is 11.9 Å². The Labute approximate surface area is 160 Å². The maximum atomic E-state index is 9.45. The third kappa shape index (κ3) is 3.54. The van der Waals surface area contributed by atoms with Crippen molar-refractivity contribution in [2.24, 2.45) is 0 Å². The van der Waals surface area contributed by atoms with Gasteiger partial charge in [0.05, 0.1) is 17.9 Å². The Morgan fingerprint density at radius 2 is 2.25 bits per heavy atom. The van der Waals surface area contributed by atoms with Crippen LogP contribution in [-0.2, 0) is 6.54 Å². The van der Waals surface area contributed by atoms with Crippen molar-refractivity contribution < 1.29 is 5.11 Å². The topological polar surface area (TPSA) is 128 Å². The average molecular weight is 374 g/mol. The normalized spacial score (nSPS) is 12.0. The van der Waals surface area contributed by atoms with Crippen molar-refractivity contribution in [2.45, 2.75) is 19.6 Å². The number of aliphatic hydroxyl groups is 1. The van der Waals surface area contributed by atoms with Gasteiger partial charge in [-0.3, -0.25) is 4.68 Å². The van der Waals surface area contributed by atoms with E-state index < -0.39 is 6.10 Å². The number of aliphatic hydroxyl groups excluding tert-OH is 1. The van der Waals surface area contributed by atoms with Gasteiger partial charge in [-0.2, -0.15) is 10.4 Å². The van der Waals surface area contributed by atoms with Gasteiger partial charge in [0.2, 0.25) is 5.95 Å². The molecule has 0 radical (unpaired) electrons. The van der Waals surface area contributed by atoms with Gasteiger partial charge in [0.1, 0.15) is 17.9 Å². The number of aromatic nitrogens is 6. The maximum Gasteiger partial charge on any atom is 0.223 e. The van der Waals surface area contributed by atoms with Crippen molar-refractivity contribution in [3.05, 3.63) is 43.0 Å². The second-order valence-corrected chi connectivity index (χ2v) is 6.38. The van der Waals surface area contributed by atoms with Crippen molar-refractivity contribution >= 4 is 17.0 Å². The molecule has 0 spiro atoms. The Kier molecular flexibility index (Phi) is 4.70. The summed E-state index contributed by atoms with van der Waals surface area (Å²) < 4.78 is 1.58. The molecule has 3 N–H and O–H groups in total. The molecule has 0 aliphatic heterocycles. The van der Waals surface area contributed by atoms with E-state index in [-0.39, 0.29) is 6.54 Å². The molecule has 4 rings (SSSR count). The van der Waals surface area contributed by atoms with E-state index in [4.69, 9.17) is 5.26 Å². The Bertz CT molecular complexity index is 1150. The third-order valence-corrected chi connectivity index (χ3v) is 4.16. The number of nitriles is 1. The summed E-state index contributed by atoms with van der Waals surface area (Å²) in [5.41, 5.74) is 3.75. The smallest absolute Gasteiger partial charge is 0.223 e. The lowest BCUT2D eigenvalue weighted by Crippen LogP contribution is -2.16. The summed E-state index contributed by atoms with van der Waals surface area (Å²) in [6.07, 6.45) is 6.50. The molecule has 9 nitrogen and oxygen atoms in total.